The average molecular weight is 445 g/mol. The molecule has 2 amide bonds. The van der Waals surface area contributed by atoms with Gasteiger partial charge in [0.2, 0.25) is 5.91 Å². The zero-order chi connectivity index (χ0) is 22.2. The van der Waals surface area contributed by atoms with E-state index in [1.807, 2.05) is 0 Å². The lowest BCUT2D eigenvalue weighted by molar-refractivity contribution is -0.129. The summed E-state index contributed by atoms with van der Waals surface area (Å²) in [6.07, 6.45) is 3.18. The number of halogens is 1. The van der Waals surface area contributed by atoms with Gasteiger partial charge in [-0.1, -0.05) is 25.0 Å². The second kappa shape index (κ2) is 10.9. The molecule has 3 rings (SSSR count). The van der Waals surface area contributed by atoms with Gasteiger partial charge in [-0.15, -0.1) is 11.8 Å². The number of benzene rings is 2. The van der Waals surface area contributed by atoms with Crippen molar-refractivity contribution in [3.8, 4) is 0 Å². The van der Waals surface area contributed by atoms with E-state index < -0.39 is 12.1 Å². The molecule has 0 spiro atoms. The van der Waals surface area contributed by atoms with Gasteiger partial charge in [-0.05, 0) is 56.2 Å². The topological polar surface area (TPSA) is 84.5 Å². The van der Waals surface area contributed by atoms with Crippen LogP contribution in [0.1, 0.15) is 43.0 Å². The quantitative estimate of drug-likeness (QED) is 0.472. The molecular formula is C23H25FN2O4S. The number of hydrogen-bond donors (Lipinski definition) is 2. The van der Waals surface area contributed by atoms with Crippen LogP contribution >= 0.6 is 11.8 Å². The Morgan fingerprint density at radius 3 is 2.48 bits per heavy atom. The zero-order valence-electron chi connectivity index (χ0n) is 17.2. The molecule has 1 aliphatic rings. The summed E-state index contributed by atoms with van der Waals surface area (Å²) >= 11 is 1.18. The van der Waals surface area contributed by atoms with Gasteiger partial charge in [0.15, 0.2) is 6.10 Å². The smallest absolute Gasteiger partial charge is 0.340 e. The summed E-state index contributed by atoms with van der Waals surface area (Å²) in [6, 6.07) is 12.4. The lowest BCUT2D eigenvalue weighted by Gasteiger charge is -2.17. The number of esters is 1. The van der Waals surface area contributed by atoms with Crippen LogP contribution in [0.4, 0.5) is 10.1 Å². The molecule has 1 atom stereocenters. The molecule has 0 saturated heterocycles. The Morgan fingerprint density at radius 2 is 1.77 bits per heavy atom. The van der Waals surface area contributed by atoms with Crippen molar-refractivity contribution in [3.63, 3.8) is 0 Å². The molecule has 1 fully saturated rings. The van der Waals surface area contributed by atoms with Crippen LogP contribution in [0.3, 0.4) is 0 Å². The molecule has 6 nitrogen and oxygen atoms in total. The van der Waals surface area contributed by atoms with E-state index in [9.17, 15) is 18.8 Å². The van der Waals surface area contributed by atoms with Crippen molar-refractivity contribution in [2.75, 3.05) is 11.1 Å². The molecule has 0 heterocycles. The van der Waals surface area contributed by atoms with E-state index >= 15 is 0 Å². The number of rotatable bonds is 8. The lowest BCUT2D eigenvalue weighted by Crippen LogP contribution is -2.40. The third-order valence-electron chi connectivity index (χ3n) is 4.95. The fraction of sp³-hybridized carbons (Fsp3) is 0.348. The first-order valence-corrected chi connectivity index (χ1v) is 11.2. The van der Waals surface area contributed by atoms with Crippen molar-refractivity contribution >= 4 is 35.2 Å². The van der Waals surface area contributed by atoms with E-state index in [2.05, 4.69) is 10.6 Å². The van der Waals surface area contributed by atoms with Crippen molar-refractivity contribution in [1.29, 1.82) is 0 Å². The van der Waals surface area contributed by atoms with Crippen LogP contribution in [0.25, 0.3) is 0 Å². The Morgan fingerprint density at radius 1 is 1.10 bits per heavy atom. The maximum Gasteiger partial charge on any atom is 0.340 e. The standard InChI is InChI=1S/C23H25FN2O4S/c1-15(22(28)26-17-6-2-3-7-17)30-23(29)19-8-4-5-9-20(19)31-14-21(27)25-18-12-10-16(24)11-13-18/h4-5,8-13,15,17H,2-3,6-7,14H2,1H3,(H,25,27)(H,26,28)/t15-/m0/s1. The Balaban J connectivity index is 1.54. The molecule has 2 aromatic carbocycles. The van der Waals surface area contributed by atoms with E-state index in [0.717, 1.165) is 25.7 Å². The minimum Gasteiger partial charge on any atom is -0.449 e. The predicted octanol–water partition coefficient (Wildman–Crippen LogP) is 4.16. The third kappa shape index (κ3) is 6.82. The number of ether oxygens (including phenoxy) is 1. The molecule has 0 aromatic heterocycles. The van der Waals surface area contributed by atoms with Gasteiger partial charge in [0, 0.05) is 16.6 Å². The Bertz CT molecular complexity index is 929. The maximum absolute atomic E-state index is 13.0. The number of nitrogens with one attached hydrogen (secondary N) is 2. The monoisotopic (exact) mass is 444 g/mol. The second-order valence-electron chi connectivity index (χ2n) is 7.38. The Hall–Kier alpha value is -2.87. The predicted molar refractivity (Wildman–Crippen MR) is 117 cm³/mol. The van der Waals surface area contributed by atoms with E-state index in [4.69, 9.17) is 4.74 Å². The number of hydrogen-bond acceptors (Lipinski definition) is 5. The number of amides is 2. The first-order valence-electron chi connectivity index (χ1n) is 10.2. The van der Waals surface area contributed by atoms with Gasteiger partial charge in [0.05, 0.1) is 11.3 Å². The highest BCUT2D eigenvalue weighted by Gasteiger charge is 2.24. The zero-order valence-corrected chi connectivity index (χ0v) is 18.0. The molecule has 0 radical (unpaired) electrons. The van der Waals surface area contributed by atoms with Crippen molar-refractivity contribution in [1.82, 2.24) is 5.32 Å². The molecule has 8 heteroatoms. The van der Waals surface area contributed by atoms with Crippen LogP contribution in [0.2, 0.25) is 0 Å². The number of carbonyl (C=O) groups excluding carboxylic acids is 3. The SMILES string of the molecule is C[C@H](OC(=O)c1ccccc1SCC(=O)Nc1ccc(F)cc1)C(=O)NC1CCCC1. The van der Waals surface area contributed by atoms with Gasteiger partial charge in [-0.2, -0.15) is 0 Å². The van der Waals surface area contributed by atoms with Gasteiger partial charge in [-0.3, -0.25) is 9.59 Å². The number of thioether (sulfide) groups is 1. The van der Waals surface area contributed by atoms with Gasteiger partial charge < -0.3 is 15.4 Å². The van der Waals surface area contributed by atoms with Crippen molar-refractivity contribution in [2.45, 2.75) is 49.6 Å². The van der Waals surface area contributed by atoms with Gasteiger partial charge in [0.1, 0.15) is 5.82 Å². The van der Waals surface area contributed by atoms with Crippen LogP contribution in [-0.4, -0.2) is 35.7 Å². The molecule has 31 heavy (non-hydrogen) atoms. The van der Waals surface area contributed by atoms with Gasteiger partial charge in [-0.25, -0.2) is 9.18 Å². The highest BCUT2D eigenvalue weighted by atomic mass is 32.2. The first kappa shape index (κ1) is 22.8. The Labute approximate surface area is 184 Å². The highest BCUT2D eigenvalue weighted by molar-refractivity contribution is 8.00. The third-order valence-corrected chi connectivity index (χ3v) is 6.02. The van der Waals surface area contributed by atoms with E-state index in [1.54, 1.807) is 31.2 Å². The minimum absolute atomic E-state index is 0.0549. The maximum atomic E-state index is 13.0. The summed E-state index contributed by atoms with van der Waals surface area (Å²) in [5.74, 6) is -1.53. The summed E-state index contributed by atoms with van der Waals surface area (Å²) < 4.78 is 18.3. The average Bonchev–Trinajstić information content (AvgIpc) is 3.27. The Kier molecular flexibility index (Phi) is 8.06. The molecule has 164 valence electrons. The van der Waals surface area contributed by atoms with Crippen molar-refractivity contribution < 1.29 is 23.5 Å². The molecule has 1 aliphatic carbocycles. The van der Waals surface area contributed by atoms with Gasteiger partial charge in [0.25, 0.3) is 5.91 Å². The van der Waals surface area contributed by atoms with E-state index in [0.29, 0.717) is 16.1 Å². The van der Waals surface area contributed by atoms with Crippen LogP contribution in [0.15, 0.2) is 53.4 Å². The first-order chi connectivity index (χ1) is 14.9. The number of carbonyl (C=O) groups is 3. The molecule has 2 aromatic rings. The highest BCUT2D eigenvalue weighted by Crippen LogP contribution is 2.24. The van der Waals surface area contributed by atoms with Crippen LogP contribution in [0, 0.1) is 5.82 Å². The normalized spacial score (nSPS) is 14.6. The van der Waals surface area contributed by atoms with E-state index in [-0.39, 0.29) is 29.4 Å². The van der Waals surface area contributed by atoms with Crippen LogP contribution in [-0.2, 0) is 14.3 Å². The molecule has 1 saturated carbocycles. The van der Waals surface area contributed by atoms with Crippen molar-refractivity contribution in [2.24, 2.45) is 0 Å². The molecular weight excluding hydrogens is 419 g/mol. The largest absolute Gasteiger partial charge is 0.449 e. The van der Waals surface area contributed by atoms with Crippen LogP contribution in [0.5, 0.6) is 0 Å². The molecule has 0 unspecified atom stereocenters. The second-order valence-corrected chi connectivity index (χ2v) is 8.39. The fourth-order valence-electron chi connectivity index (χ4n) is 3.30. The van der Waals surface area contributed by atoms with Crippen LogP contribution < -0.4 is 10.6 Å². The fourth-order valence-corrected chi connectivity index (χ4v) is 4.14. The lowest BCUT2D eigenvalue weighted by atomic mass is 10.2. The molecule has 2 N–H and O–H groups in total. The molecule has 0 aliphatic heterocycles. The molecule has 0 bridgehead atoms. The van der Waals surface area contributed by atoms with Gasteiger partial charge >= 0.3 is 5.97 Å². The minimum atomic E-state index is -0.909. The summed E-state index contributed by atoms with van der Waals surface area (Å²) in [7, 11) is 0. The van der Waals surface area contributed by atoms with Crippen molar-refractivity contribution in [3.05, 3.63) is 59.9 Å². The number of anilines is 1. The van der Waals surface area contributed by atoms with E-state index in [1.165, 1.54) is 36.0 Å². The summed E-state index contributed by atoms with van der Waals surface area (Å²) in [5, 5.41) is 5.59. The summed E-state index contributed by atoms with van der Waals surface area (Å²) in [5.41, 5.74) is 0.782. The summed E-state index contributed by atoms with van der Waals surface area (Å²) in [4.78, 5) is 37.7. The summed E-state index contributed by atoms with van der Waals surface area (Å²) in [6.45, 7) is 1.55.